The van der Waals surface area contributed by atoms with Gasteiger partial charge in [0.05, 0.1) is 10.7 Å². The van der Waals surface area contributed by atoms with E-state index < -0.39 is 17.2 Å². The molecule has 0 unspecified atom stereocenters. The summed E-state index contributed by atoms with van der Waals surface area (Å²) in [6, 6.07) is 3.60. The number of amides is 1. The number of hydrogen-bond acceptors (Lipinski definition) is 3. The number of hydrogen-bond donors (Lipinski definition) is 1. The smallest absolute Gasteiger partial charge is 0.320 e. The molecule has 1 amide bonds. The molecule has 0 radical (unpaired) electrons. The van der Waals surface area contributed by atoms with E-state index >= 15 is 0 Å². The summed E-state index contributed by atoms with van der Waals surface area (Å²) in [5, 5.41) is 3.03. The highest BCUT2D eigenvalue weighted by atomic mass is 35.5. The molecule has 1 N–H and O–H groups in total. The Hall–Kier alpha value is -2.34. The highest BCUT2D eigenvalue weighted by molar-refractivity contribution is 6.34. The Balaban J connectivity index is 2.48. The Morgan fingerprint density at radius 2 is 1.82 bits per heavy atom. The fourth-order valence-electron chi connectivity index (χ4n) is 2.22. The summed E-state index contributed by atoms with van der Waals surface area (Å²) in [6.45, 7) is 3.71. The van der Waals surface area contributed by atoms with E-state index in [9.17, 15) is 14.4 Å². The third kappa shape index (κ3) is 2.82. The Morgan fingerprint density at radius 1 is 1.18 bits per heavy atom. The number of anilines is 1. The van der Waals surface area contributed by atoms with Crippen molar-refractivity contribution in [1.29, 1.82) is 0 Å². The standard InChI is InChI=1S/C15H16ClN3O3/c1-8-5-9(2)12(11(16)6-8)17-13(20)10-7-18(3)15(22)19(4)14(10)21/h5-7H,1-4H3,(H,17,20). The maximum atomic E-state index is 12.3. The predicted octanol–water partition coefficient (Wildman–Crippen LogP) is 1.61. The first-order valence-electron chi connectivity index (χ1n) is 6.57. The van der Waals surface area contributed by atoms with Crippen molar-refractivity contribution in [3.63, 3.8) is 0 Å². The summed E-state index contributed by atoms with van der Waals surface area (Å²) in [5.41, 5.74) is 0.944. The Labute approximate surface area is 132 Å². The zero-order valence-corrected chi connectivity index (χ0v) is 13.5. The van der Waals surface area contributed by atoms with Gasteiger partial charge in [-0.25, -0.2) is 4.79 Å². The van der Waals surface area contributed by atoms with Gasteiger partial charge >= 0.3 is 5.69 Å². The molecule has 116 valence electrons. The van der Waals surface area contributed by atoms with Gasteiger partial charge < -0.3 is 9.88 Å². The van der Waals surface area contributed by atoms with Crippen LogP contribution in [0.2, 0.25) is 5.02 Å². The van der Waals surface area contributed by atoms with Crippen molar-refractivity contribution < 1.29 is 4.79 Å². The Kier molecular flexibility index (Phi) is 4.23. The summed E-state index contributed by atoms with van der Waals surface area (Å²) in [6.07, 6.45) is 1.22. The molecule has 0 saturated carbocycles. The lowest BCUT2D eigenvalue weighted by Crippen LogP contribution is -2.40. The van der Waals surface area contributed by atoms with E-state index in [0.29, 0.717) is 10.7 Å². The molecule has 6 nitrogen and oxygen atoms in total. The molecule has 0 bridgehead atoms. The average Bonchev–Trinajstić information content (AvgIpc) is 2.44. The van der Waals surface area contributed by atoms with Crippen LogP contribution in [-0.2, 0) is 14.1 Å². The van der Waals surface area contributed by atoms with Gasteiger partial charge in [-0.1, -0.05) is 17.7 Å². The van der Waals surface area contributed by atoms with Gasteiger partial charge in [0.1, 0.15) is 5.56 Å². The van der Waals surface area contributed by atoms with Crippen LogP contribution in [0.5, 0.6) is 0 Å². The number of rotatable bonds is 2. The van der Waals surface area contributed by atoms with Crippen LogP contribution in [0.4, 0.5) is 5.69 Å². The largest absolute Gasteiger partial charge is 0.330 e. The first-order valence-corrected chi connectivity index (χ1v) is 6.95. The normalized spacial score (nSPS) is 10.6. The second-order valence-electron chi connectivity index (χ2n) is 5.19. The van der Waals surface area contributed by atoms with Gasteiger partial charge in [-0.2, -0.15) is 0 Å². The van der Waals surface area contributed by atoms with Crippen molar-refractivity contribution in [3.8, 4) is 0 Å². The van der Waals surface area contributed by atoms with Crippen LogP contribution in [-0.4, -0.2) is 15.0 Å². The number of carbonyl (C=O) groups excluding carboxylic acids is 1. The molecule has 0 aliphatic carbocycles. The maximum Gasteiger partial charge on any atom is 0.330 e. The fourth-order valence-corrected chi connectivity index (χ4v) is 2.59. The van der Waals surface area contributed by atoms with Crippen LogP contribution in [0, 0.1) is 13.8 Å². The van der Waals surface area contributed by atoms with Crippen LogP contribution in [0.3, 0.4) is 0 Å². The molecule has 2 rings (SSSR count). The van der Waals surface area contributed by atoms with Crippen molar-refractivity contribution in [1.82, 2.24) is 9.13 Å². The second kappa shape index (κ2) is 5.81. The summed E-state index contributed by atoms with van der Waals surface area (Å²) in [4.78, 5) is 36.0. The SMILES string of the molecule is Cc1cc(C)c(NC(=O)c2cn(C)c(=O)n(C)c2=O)c(Cl)c1. The molecule has 1 heterocycles. The van der Waals surface area contributed by atoms with Crippen LogP contribution in [0.25, 0.3) is 0 Å². The minimum atomic E-state index is -0.651. The first-order chi connectivity index (χ1) is 10.2. The zero-order chi connectivity index (χ0) is 16.6. The molecule has 0 spiro atoms. The van der Waals surface area contributed by atoms with Gasteiger partial charge in [-0.15, -0.1) is 0 Å². The third-order valence-corrected chi connectivity index (χ3v) is 3.66. The lowest BCUT2D eigenvalue weighted by Gasteiger charge is -2.12. The van der Waals surface area contributed by atoms with E-state index in [-0.39, 0.29) is 5.56 Å². The van der Waals surface area contributed by atoms with Gasteiger partial charge in [0.15, 0.2) is 0 Å². The molecule has 0 fully saturated rings. The molecular formula is C15H16ClN3O3. The van der Waals surface area contributed by atoms with E-state index in [1.54, 1.807) is 6.07 Å². The van der Waals surface area contributed by atoms with Crippen LogP contribution in [0.15, 0.2) is 27.9 Å². The van der Waals surface area contributed by atoms with Crippen molar-refractivity contribution in [2.24, 2.45) is 14.1 Å². The fraction of sp³-hybridized carbons (Fsp3) is 0.267. The Morgan fingerprint density at radius 3 is 2.41 bits per heavy atom. The molecule has 1 aromatic carbocycles. The Bertz CT molecular complexity index is 858. The van der Waals surface area contributed by atoms with Gasteiger partial charge in [-0.3, -0.25) is 14.2 Å². The van der Waals surface area contributed by atoms with Crippen molar-refractivity contribution >= 4 is 23.2 Å². The van der Waals surface area contributed by atoms with Gasteiger partial charge in [0.25, 0.3) is 11.5 Å². The molecule has 0 aliphatic rings. The second-order valence-corrected chi connectivity index (χ2v) is 5.60. The third-order valence-electron chi connectivity index (χ3n) is 3.36. The lowest BCUT2D eigenvalue weighted by atomic mass is 10.1. The van der Waals surface area contributed by atoms with E-state index in [0.717, 1.165) is 15.7 Å². The quantitative estimate of drug-likeness (QED) is 0.913. The highest BCUT2D eigenvalue weighted by Crippen LogP contribution is 2.27. The molecule has 1 aromatic heterocycles. The topological polar surface area (TPSA) is 73.1 Å². The number of halogens is 1. The summed E-state index contributed by atoms with van der Waals surface area (Å²) in [5.74, 6) is -0.606. The number of aromatic nitrogens is 2. The molecular weight excluding hydrogens is 306 g/mol. The van der Waals surface area contributed by atoms with Crippen molar-refractivity contribution in [3.05, 3.63) is 60.9 Å². The van der Waals surface area contributed by atoms with Crippen molar-refractivity contribution in [2.75, 3.05) is 5.32 Å². The molecule has 0 saturated heterocycles. The van der Waals surface area contributed by atoms with Crippen LogP contribution < -0.4 is 16.6 Å². The minimum absolute atomic E-state index is 0.124. The van der Waals surface area contributed by atoms with Gasteiger partial charge in [-0.05, 0) is 31.0 Å². The highest BCUT2D eigenvalue weighted by Gasteiger charge is 2.17. The maximum absolute atomic E-state index is 12.3. The number of nitrogens with one attached hydrogen (secondary N) is 1. The lowest BCUT2D eigenvalue weighted by molar-refractivity contribution is 0.102. The molecule has 22 heavy (non-hydrogen) atoms. The predicted molar refractivity (Wildman–Crippen MR) is 85.8 cm³/mol. The number of nitrogens with zero attached hydrogens (tertiary/aromatic N) is 2. The first kappa shape index (κ1) is 16.0. The van der Waals surface area contributed by atoms with Gasteiger partial charge in [0, 0.05) is 20.3 Å². The summed E-state index contributed by atoms with van der Waals surface area (Å²) in [7, 11) is 2.80. The number of carbonyl (C=O) groups is 1. The monoisotopic (exact) mass is 321 g/mol. The van der Waals surface area contributed by atoms with E-state index in [1.807, 2.05) is 19.9 Å². The van der Waals surface area contributed by atoms with Crippen LogP contribution >= 0.6 is 11.6 Å². The van der Waals surface area contributed by atoms with Crippen LogP contribution in [0.1, 0.15) is 21.5 Å². The minimum Gasteiger partial charge on any atom is -0.320 e. The van der Waals surface area contributed by atoms with E-state index in [4.69, 9.17) is 11.6 Å². The molecule has 7 heteroatoms. The zero-order valence-electron chi connectivity index (χ0n) is 12.7. The summed E-state index contributed by atoms with van der Waals surface area (Å²) >= 11 is 6.14. The van der Waals surface area contributed by atoms with Crippen molar-refractivity contribution in [2.45, 2.75) is 13.8 Å². The summed E-state index contributed by atoms with van der Waals surface area (Å²) < 4.78 is 2.07. The molecule has 0 atom stereocenters. The number of aryl methyl sites for hydroxylation is 3. The number of benzene rings is 1. The molecule has 2 aromatic rings. The van der Waals surface area contributed by atoms with E-state index in [2.05, 4.69) is 5.32 Å². The molecule has 0 aliphatic heterocycles. The average molecular weight is 322 g/mol. The van der Waals surface area contributed by atoms with Gasteiger partial charge in [0.2, 0.25) is 0 Å². The van der Waals surface area contributed by atoms with E-state index in [1.165, 1.54) is 24.9 Å².